The van der Waals surface area contributed by atoms with Gasteiger partial charge in [-0.1, -0.05) is 6.42 Å². The number of piperidine rings is 1. The average Bonchev–Trinajstić information content (AvgIpc) is 2.67. The van der Waals surface area contributed by atoms with Gasteiger partial charge < -0.3 is 10.3 Å². The molecule has 0 aliphatic carbocycles. The highest BCUT2D eigenvalue weighted by Crippen LogP contribution is 2.24. The van der Waals surface area contributed by atoms with Crippen molar-refractivity contribution in [2.75, 3.05) is 6.54 Å². The van der Waals surface area contributed by atoms with Gasteiger partial charge >= 0.3 is 0 Å². The number of nitriles is 1. The molecule has 1 saturated heterocycles. The van der Waals surface area contributed by atoms with E-state index < -0.39 is 0 Å². The van der Waals surface area contributed by atoms with E-state index in [4.69, 9.17) is 5.26 Å². The third kappa shape index (κ3) is 1.58. The van der Waals surface area contributed by atoms with E-state index in [1.807, 2.05) is 12.3 Å². The SMILES string of the molecule is N#Cc1[nH]ccc1[C@H]1CCCCN1. The fraction of sp³-hybridized carbons (Fsp3) is 0.500. The van der Waals surface area contributed by atoms with Gasteiger partial charge in [0.1, 0.15) is 11.8 Å². The van der Waals surface area contributed by atoms with Crippen LogP contribution in [0.2, 0.25) is 0 Å². The average molecular weight is 175 g/mol. The largest absolute Gasteiger partial charge is 0.353 e. The normalized spacial score (nSPS) is 22.5. The van der Waals surface area contributed by atoms with Gasteiger partial charge in [-0.3, -0.25) is 0 Å². The van der Waals surface area contributed by atoms with Crippen molar-refractivity contribution >= 4 is 0 Å². The predicted octanol–water partition coefficient (Wildman–Crippen LogP) is 1.70. The molecule has 0 unspecified atom stereocenters. The lowest BCUT2D eigenvalue weighted by Gasteiger charge is -2.22. The Labute approximate surface area is 77.8 Å². The summed E-state index contributed by atoms with van der Waals surface area (Å²) >= 11 is 0. The minimum Gasteiger partial charge on any atom is -0.353 e. The second kappa shape index (κ2) is 3.63. The number of nitrogens with zero attached hydrogens (tertiary/aromatic N) is 1. The molecule has 1 aliphatic heterocycles. The van der Waals surface area contributed by atoms with E-state index in [0.717, 1.165) is 18.5 Å². The van der Waals surface area contributed by atoms with E-state index in [1.54, 1.807) is 0 Å². The molecule has 0 saturated carbocycles. The maximum atomic E-state index is 8.83. The van der Waals surface area contributed by atoms with Gasteiger partial charge in [-0.25, -0.2) is 0 Å². The molecule has 1 atom stereocenters. The number of aromatic amines is 1. The summed E-state index contributed by atoms with van der Waals surface area (Å²) in [5.74, 6) is 0. The van der Waals surface area contributed by atoms with Gasteiger partial charge in [0.2, 0.25) is 0 Å². The van der Waals surface area contributed by atoms with Crippen LogP contribution in [0.5, 0.6) is 0 Å². The first-order valence-corrected chi connectivity index (χ1v) is 4.72. The highest BCUT2D eigenvalue weighted by molar-refractivity contribution is 5.34. The number of H-pyrrole nitrogens is 1. The third-order valence-corrected chi connectivity index (χ3v) is 2.58. The van der Waals surface area contributed by atoms with E-state index in [9.17, 15) is 0 Å². The molecule has 1 fully saturated rings. The molecule has 0 amide bonds. The first-order chi connectivity index (χ1) is 6.42. The second-order valence-corrected chi connectivity index (χ2v) is 3.42. The summed E-state index contributed by atoms with van der Waals surface area (Å²) in [4.78, 5) is 2.95. The number of aromatic nitrogens is 1. The summed E-state index contributed by atoms with van der Waals surface area (Å²) in [7, 11) is 0. The van der Waals surface area contributed by atoms with Gasteiger partial charge in [0.05, 0.1) is 0 Å². The molecule has 68 valence electrons. The lowest BCUT2D eigenvalue weighted by Crippen LogP contribution is -2.26. The Morgan fingerprint density at radius 1 is 1.46 bits per heavy atom. The van der Waals surface area contributed by atoms with Crippen LogP contribution in [0.1, 0.15) is 36.6 Å². The molecule has 2 heterocycles. The molecule has 0 bridgehead atoms. The van der Waals surface area contributed by atoms with Gasteiger partial charge in [-0.2, -0.15) is 5.26 Å². The smallest absolute Gasteiger partial charge is 0.122 e. The van der Waals surface area contributed by atoms with E-state index in [1.165, 1.54) is 12.8 Å². The fourth-order valence-electron chi connectivity index (χ4n) is 1.89. The van der Waals surface area contributed by atoms with Crippen molar-refractivity contribution < 1.29 is 0 Å². The van der Waals surface area contributed by atoms with Crippen LogP contribution in [-0.2, 0) is 0 Å². The summed E-state index contributed by atoms with van der Waals surface area (Å²) in [6.45, 7) is 1.07. The summed E-state index contributed by atoms with van der Waals surface area (Å²) < 4.78 is 0. The Bertz CT molecular complexity index is 315. The first-order valence-electron chi connectivity index (χ1n) is 4.72. The summed E-state index contributed by atoms with van der Waals surface area (Å²) in [5.41, 5.74) is 1.83. The van der Waals surface area contributed by atoms with Crippen LogP contribution in [0.3, 0.4) is 0 Å². The van der Waals surface area contributed by atoms with Gasteiger partial charge in [-0.15, -0.1) is 0 Å². The highest BCUT2D eigenvalue weighted by atomic mass is 14.9. The molecule has 0 aromatic carbocycles. The van der Waals surface area contributed by atoms with Crippen LogP contribution in [0.4, 0.5) is 0 Å². The topological polar surface area (TPSA) is 51.6 Å². The molecule has 1 aromatic rings. The van der Waals surface area contributed by atoms with Crippen molar-refractivity contribution in [3.8, 4) is 6.07 Å². The fourth-order valence-corrected chi connectivity index (χ4v) is 1.89. The third-order valence-electron chi connectivity index (χ3n) is 2.58. The van der Waals surface area contributed by atoms with Crippen molar-refractivity contribution in [1.29, 1.82) is 5.26 Å². The van der Waals surface area contributed by atoms with Gasteiger partial charge in [0.25, 0.3) is 0 Å². The molecular formula is C10H13N3. The Morgan fingerprint density at radius 2 is 2.38 bits per heavy atom. The highest BCUT2D eigenvalue weighted by Gasteiger charge is 2.17. The molecular weight excluding hydrogens is 162 g/mol. The quantitative estimate of drug-likeness (QED) is 0.682. The van der Waals surface area contributed by atoms with E-state index in [2.05, 4.69) is 16.4 Å². The van der Waals surface area contributed by atoms with Crippen molar-refractivity contribution in [1.82, 2.24) is 10.3 Å². The Morgan fingerprint density at radius 3 is 3.08 bits per heavy atom. The van der Waals surface area contributed by atoms with Crippen LogP contribution in [0.15, 0.2) is 12.3 Å². The zero-order valence-electron chi connectivity index (χ0n) is 7.51. The van der Waals surface area contributed by atoms with Crippen molar-refractivity contribution in [2.24, 2.45) is 0 Å². The number of rotatable bonds is 1. The first kappa shape index (κ1) is 8.33. The molecule has 0 spiro atoms. The molecule has 13 heavy (non-hydrogen) atoms. The minimum absolute atomic E-state index is 0.384. The Hall–Kier alpha value is -1.27. The van der Waals surface area contributed by atoms with E-state index in [0.29, 0.717) is 11.7 Å². The Kier molecular flexibility index (Phi) is 2.33. The molecule has 2 N–H and O–H groups in total. The Balaban J connectivity index is 2.19. The monoisotopic (exact) mass is 175 g/mol. The summed E-state index contributed by atoms with van der Waals surface area (Å²) in [6, 6.07) is 4.56. The van der Waals surface area contributed by atoms with E-state index >= 15 is 0 Å². The van der Waals surface area contributed by atoms with Crippen molar-refractivity contribution in [3.63, 3.8) is 0 Å². The molecule has 1 aromatic heterocycles. The number of hydrogen-bond donors (Lipinski definition) is 2. The maximum Gasteiger partial charge on any atom is 0.122 e. The standard InChI is InChI=1S/C10H13N3/c11-7-10-8(4-6-13-10)9-3-1-2-5-12-9/h4,6,9,12-13H,1-3,5H2/t9-/m1/s1. The van der Waals surface area contributed by atoms with Crippen LogP contribution >= 0.6 is 0 Å². The number of hydrogen-bond acceptors (Lipinski definition) is 2. The van der Waals surface area contributed by atoms with Crippen molar-refractivity contribution in [3.05, 3.63) is 23.5 Å². The minimum atomic E-state index is 0.384. The summed E-state index contributed by atoms with van der Waals surface area (Å²) in [5, 5.41) is 12.3. The zero-order chi connectivity index (χ0) is 9.10. The molecule has 0 radical (unpaired) electrons. The van der Waals surface area contributed by atoms with Gasteiger partial charge in [0, 0.05) is 17.8 Å². The second-order valence-electron chi connectivity index (χ2n) is 3.42. The van der Waals surface area contributed by atoms with E-state index in [-0.39, 0.29) is 0 Å². The van der Waals surface area contributed by atoms with Crippen LogP contribution in [0.25, 0.3) is 0 Å². The van der Waals surface area contributed by atoms with Gasteiger partial charge in [-0.05, 0) is 25.5 Å². The molecule has 3 heteroatoms. The maximum absolute atomic E-state index is 8.83. The lowest BCUT2D eigenvalue weighted by atomic mass is 9.98. The zero-order valence-corrected chi connectivity index (χ0v) is 7.51. The molecule has 3 nitrogen and oxygen atoms in total. The molecule has 2 rings (SSSR count). The lowest BCUT2D eigenvalue weighted by molar-refractivity contribution is 0.412. The van der Waals surface area contributed by atoms with Crippen LogP contribution < -0.4 is 5.32 Å². The predicted molar refractivity (Wildman–Crippen MR) is 50.1 cm³/mol. The number of nitrogens with one attached hydrogen (secondary N) is 2. The van der Waals surface area contributed by atoms with Crippen LogP contribution in [-0.4, -0.2) is 11.5 Å². The summed E-state index contributed by atoms with van der Waals surface area (Å²) in [6.07, 6.45) is 5.49. The van der Waals surface area contributed by atoms with Crippen molar-refractivity contribution in [2.45, 2.75) is 25.3 Å². The molecule has 1 aliphatic rings. The van der Waals surface area contributed by atoms with Gasteiger partial charge in [0.15, 0.2) is 0 Å². The van der Waals surface area contributed by atoms with Crippen LogP contribution in [0, 0.1) is 11.3 Å².